The van der Waals surface area contributed by atoms with Crippen molar-refractivity contribution >= 4 is 5.91 Å². The summed E-state index contributed by atoms with van der Waals surface area (Å²) in [5, 5.41) is 3.09. The second kappa shape index (κ2) is 21.3. The largest absolute Gasteiger partial charge is 0.379 e. The lowest BCUT2D eigenvalue weighted by atomic mass is 10.0. The van der Waals surface area contributed by atoms with Gasteiger partial charge in [-0.2, -0.15) is 0 Å². The predicted molar refractivity (Wildman–Crippen MR) is 140 cm³/mol. The first-order valence-corrected chi connectivity index (χ1v) is 13.3. The van der Waals surface area contributed by atoms with E-state index in [0.717, 1.165) is 13.0 Å². The highest BCUT2D eigenvalue weighted by molar-refractivity contribution is 5.78. The van der Waals surface area contributed by atoms with Crippen LogP contribution in [-0.4, -0.2) is 90.7 Å². The molecule has 210 valence electrons. The first-order chi connectivity index (χ1) is 16.6. The van der Waals surface area contributed by atoms with Crippen LogP contribution in [0.15, 0.2) is 0 Å². The van der Waals surface area contributed by atoms with Crippen LogP contribution < -0.4 is 5.32 Å². The Kier molecular flexibility index (Phi) is 20.9. The van der Waals surface area contributed by atoms with Crippen molar-refractivity contribution in [1.29, 1.82) is 0 Å². The second-order valence-corrected chi connectivity index (χ2v) is 11.0. The van der Waals surface area contributed by atoms with Gasteiger partial charge in [0, 0.05) is 26.4 Å². The van der Waals surface area contributed by atoms with Crippen LogP contribution in [0.25, 0.3) is 0 Å². The molecule has 1 N–H and O–H groups in total. The van der Waals surface area contributed by atoms with Crippen molar-refractivity contribution in [3.05, 3.63) is 0 Å². The summed E-state index contributed by atoms with van der Waals surface area (Å²) in [7, 11) is 0. The molecule has 35 heavy (non-hydrogen) atoms. The number of carbonyl (C=O) groups excluding carboxylic acids is 1. The number of nitrogens with one attached hydrogen (secondary N) is 1. The third-order valence-electron chi connectivity index (χ3n) is 4.71. The van der Waals surface area contributed by atoms with Gasteiger partial charge >= 0.3 is 0 Å². The highest BCUT2D eigenvalue weighted by Gasteiger charge is 2.34. The molecule has 0 aromatic carbocycles. The first kappa shape index (κ1) is 34.2. The van der Waals surface area contributed by atoms with Gasteiger partial charge in [0.05, 0.1) is 46.2 Å². The lowest BCUT2D eigenvalue weighted by Gasteiger charge is -2.35. The Hall–Kier alpha value is -0.770. The van der Waals surface area contributed by atoms with Crippen molar-refractivity contribution in [2.75, 3.05) is 79.3 Å². The van der Waals surface area contributed by atoms with Crippen molar-refractivity contribution in [2.45, 2.75) is 67.3 Å². The topological polar surface area (TPSA) is 84.5 Å². The number of carbonyl (C=O) groups is 1. The molecule has 8 nitrogen and oxygen atoms in total. The van der Waals surface area contributed by atoms with Crippen molar-refractivity contribution in [3.63, 3.8) is 0 Å². The number of ether oxygens (including phenoxy) is 6. The van der Waals surface area contributed by atoms with E-state index in [9.17, 15) is 4.79 Å². The Morgan fingerprint density at radius 2 is 0.971 bits per heavy atom. The highest BCUT2D eigenvalue weighted by Crippen LogP contribution is 2.12. The molecule has 1 amide bonds. The summed E-state index contributed by atoms with van der Waals surface area (Å²) < 4.78 is 34.4. The fraction of sp³-hybridized carbons (Fsp3) is 0.963. The van der Waals surface area contributed by atoms with Crippen LogP contribution in [0.2, 0.25) is 0 Å². The summed E-state index contributed by atoms with van der Waals surface area (Å²) in [4.78, 5) is 12.7. The zero-order chi connectivity index (χ0) is 26.5. The molecule has 0 heterocycles. The van der Waals surface area contributed by atoms with E-state index >= 15 is 0 Å². The van der Waals surface area contributed by atoms with E-state index in [1.54, 1.807) is 0 Å². The molecule has 0 bridgehead atoms. The molecule has 0 aliphatic rings. The highest BCUT2D eigenvalue weighted by atomic mass is 16.5. The molecule has 0 atom stereocenters. The molecular formula is C27H55NO7. The molecule has 0 aliphatic heterocycles. The lowest BCUT2D eigenvalue weighted by molar-refractivity contribution is -0.133. The average molecular weight is 506 g/mol. The van der Waals surface area contributed by atoms with Gasteiger partial charge < -0.3 is 33.7 Å². The van der Waals surface area contributed by atoms with Gasteiger partial charge in [-0.3, -0.25) is 4.79 Å². The second-order valence-electron chi connectivity index (χ2n) is 11.0. The number of hydrogen-bond acceptors (Lipinski definition) is 7. The van der Waals surface area contributed by atoms with E-state index in [0.29, 0.717) is 89.7 Å². The minimum atomic E-state index is -0.775. The minimum absolute atomic E-state index is 0.0610. The van der Waals surface area contributed by atoms with E-state index in [4.69, 9.17) is 28.4 Å². The molecule has 0 aromatic rings. The van der Waals surface area contributed by atoms with Gasteiger partial charge in [-0.15, -0.1) is 0 Å². The molecule has 0 spiro atoms. The monoisotopic (exact) mass is 505 g/mol. The smallest absolute Gasteiger partial charge is 0.246 e. The van der Waals surface area contributed by atoms with Gasteiger partial charge in [0.25, 0.3) is 0 Å². The third-order valence-corrected chi connectivity index (χ3v) is 4.71. The molecule has 0 unspecified atom stereocenters. The summed E-state index contributed by atoms with van der Waals surface area (Å²) >= 11 is 0. The van der Waals surface area contributed by atoms with Crippen LogP contribution in [0.5, 0.6) is 0 Å². The van der Waals surface area contributed by atoms with Crippen LogP contribution in [0.1, 0.15) is 61.8 Å². The number of hydrogen-bond donors (Lipinski definition) is 1. The van der Waals surface area contributed by atoms with Gasteiger partial charge in [-0.05, 0) is 30.1 Å². The van der Waals surface area contributed by atoms with Crippen LogP contribution in [-0.2, 0) is 33.2 Å². The van der Waals surface area contributed by atoms with Crippen LogP contribution >= 0.6 is 0 Å². The molecule has 0 rings (SSSR count). The average Bonchev–Trinajstić information content (AvgIpc) is 2.74. The maximum absolute atomic E-state index is 12.7. The van der Waals surface area contributed by atoms with Crippen molar-refractivity contribution in [3.8, 4) is 0 Å². The van der Waals surface area contributed by atoms with E-state index in [1.807, 2.05) is 0 Å². The SMILES string of the molecule is CC(C)CCOCCOCCOCC(=O)NC(COCC(C)C)(COCC(C)C)COCC(C)C. The molecular weight excluding hydrogens is 450 g/mol. The van der Waals surface area contributed by atoms with Crippen LogP contribution in [0.3, 0.4) is 0 Å². The van der Waals surface area contributed by atoms with Crippen molar-refractivity contribution in [1.82, 2.24) is 5.32 Å². The minimum Gasteiger partial charge on any atom is -0.379 e. The first-order valence-electron chi connectivity index (χ1n) is 13.3. The molecule has 0 saturated carbocycles. The fourth-order valence-electron chi connectivity index (χ4n) is 2.96. The standard InChI is InChI=1S/C27H55NO7/c1-22(2)9-10-30-11-12-31-13-14-32-18-26(29)28-27(19-33-15-23(3)4,20-34-16-24(5)6)21-35-17-25(7)8/h22-25H,9-21H2,1-8H3,(H,28,29). The number of amides is 1. The molecule has 0 fully saturated rings. The maximum atomic E-state index is 12.7. The Bertz CT molecular complexity index is 462. The van der Waals surface area contributed by atoms with Crippen molar-refractivity contribution in [2.24, 2.45) is 23.7 Å². The quantitative estimate of drug-likeness (QED) is 0.199. The normalized spacial score (nSPS) is 12.5. The van der Waals surface area contributed by atoms with Gasteiger partial charge in [0.1, 0.15) is 12.1 Å². The van der Waals surface area contributed by atoms with Gasteiger partial charge in [-0.1, -0.05) is 55.4 Å². The van der Waals surface area contributed by atoms with Crippen molar-refractivity contribution < 1.29 is 33.2 Å². The van der Waals surface area contributed by atoms with Gasteiger partial charge in [0.2, 0.25) is 5.91 Å². The zero-order valence-electron chi connectivity index (χ0n) is 23.9. The molecule has 0 radical (unpaired) electrons. The predicted octanol–water partition coefficient (Wildman–Crippen LogP) is 3.96. The summed E-state index contributed by atoms with van der Waals surface area (Å²) in [5.41, 5.74) is -0.775. The molecule has 0 aromatic heterocycles. The Balaban J connectivity index is 4.61. The van der Waals surface area contributed by atoms with E-state index in [-0.39, 0.29) is 12.5 Å². The Morgan fingerprint density at radius 3 is 1.37 bits per heavy atom. The summed E-state index contributed by atoms with van der Waals surface area (Å²) in [6, 6.07) is 0. The van der Waals surface area contributed by atoms with Crippen LogP contribution in [0.4, 0.5) is 0 Å². The molecule has 0 saturated heterocycles. The summed E-state index contributed by atoms with van der Waals surface area (Å²) in [6.45, 7) is 22.2. The summed E-state index contributed by atoms with van der Waals surface area (Å²) in [6.07, 6.45) is 1.05. The number of rotatable bonds is 24. The molecule has 0 aliphatic carbocycles. The van der Waals surface area contributed by atoms with Gasteiger partial charge in [0.15, 0.2) is 0 Å². The van der Waals surface area contributed by atoms with E-state index < -0.39 is 5.54 Å². The molecule has 8 heteroatoms. The van der Waals surface area contributed by atoms with E-state index in [2.05, 4.69) is 60.7 Å². The Morgan fingerprint density at radius 1 is 0.571 bits per heavy atom. The van der Waals surface area contributed by atoms with Gasteiger partial charge in [-0.25, -0.2) is 0 Å². The maximum Gasteiger partial charge on any atom is 0.246 e. The lowest BCUT2D eigenvalue weighted by Crippen LogP contribution is -2.59. The fourth-order valence-corrected chi connectivity index (χ4v) is 2.96. The summed E-state index contributed by atoms with van der Waals surface area (Å²) in [5.74, 6) is 1.58. The Labute approximate surface area is 215 Å². The zero-order valence-corrected chi connectivity index (χ0v) is 23.9. The van der Waals surface area contributed by atoms with Crippen LogP contribution in [0, 0.1) is 23.7 Å². The van der Waals surface area contributed by atoms with E-state index in [1.165, 1.54) is 0 Å². The third kappa shape index (κ3) is 22.2.